The molecule has 258 valence electrons. The Morgan fingerprint density at radius 3 is 1.50 bits per heavy atom. The van der Waals surface area contributed by atoms with Crippen molar-refractivity contribution in [2.75, 3.05) is 26.2 Å². The SMILES string of the molecule is Cn1c(=O)n(CCCN(CCCCN(CCCn2c(=O)c3ccccc3n(C)c2=O)C(=O)OC(C)(C)C)C(=O)O)c(=O)c2ccccc21. The molecule has 1 N–H and O–H groups in total. The zero-order valence-electron chi connectivity index (χ0n) is 28.2. The molecule has 0 spiro atoms. The lowest BCUT2D eigenvalue weighted by atomic mass is 10.2. The normalized spacial score (nSPS) is 11.6. The maximum absolute atomic E-state index is 13.0. The van der Waals surface area contributed by atoms with Crippen LogP contribution >= 0.6 is 0 Å². The van der Waals surface area contributed by atoms with E-state index in [2.05, 4.69) is 0 Å². The van der Waals surface area contributed by atoms with Gasteiger partial charge in [0.25, 0.3) is 11.1 Å². The molecule has 14 nitrogen and oxygen atoms in total. The average Bonchev–Trinajstić information content (AvgIpc) is 3.04. The smallest absolute Gasteiger partial charge is 0.410 e. The lowest BCUT2D eigenvalue weighted by molar-refractivity contribution is 0.0240. The third kappa shape index (κ3) is 8.22. The van der Waals surface area contributed by atoms with Crippen molar-refractivity contribution in [1.82, 2.24) is 28.1 Å². The van der Waals surface area contributed by atoms with Crippen molar-refractivity contribution in [3.8, 4) is 0 Å². The van der Waals surface area contributed by atoms with E-state index in [0.717, 1.165) is 4.57 Å². The second-order valence-electron chi connectivity index (χ2n) is 12.8. The van der Waals surface area contributed by atoms with Crippen LogP contribution in [0, 0.1) is 0 Å². The Kier molecular flexibility index (Phi) is 11.3. The van der Waals surface area contributed by atoms with E-state index in [1.54, 1.807) is 83.4 Å². The van der Waals surface area contributed by atoms with Gasteiger partial charge in [-0.05, 0) is 70.7 Å². The Bertz CT molecular complexity index is 2030. The van der Waals surface area contributed by atoms with E-state index < -0.39 is 40.3 Å². The first-order chi connectivity index (χ1) is 22.7. The van der Waals surface area contributed by atoms with E-state index in [0.29, 0.717) is 41.1 Å². The summed E-state index contributed by atoms with van der Waals surface area (Å²) in [5.74, 6) is 0. The van der Waals surface area contributed by atoms with Crippen LogP contribution in [-0.4, -0.2) is 77.1 Å². The fraction of sp³-hybridized carbons (Fsp3) is 0.471. The Morgan fingerprint density at radius 1 is 0.667 bits per heavy atom. The molecule has 48 heavy (non-hydrogen) atoms. The van der Waals surface area contributed by atoms with Crippen molar-refractivity contribution >= 4 is 34.0 Å². The fourth-order valence-electron chi connectivity index (χ4n) is 5.69. The number of nitrogens with zero attached hydrogens (tertiary/aromatic N) is 6. The lowest BCUT2D eigenvalue weighted by Gasteiger charge is -2.28. The molecular weight excluding hydrogens is 620 g/mol. The number of aryl methyl sites for hydroxylation is 2. The van der Waals surface area contributed by atoms with Gasteiger partial charge < -0.3 is 19.6 Å². The van der Waals surface area contributed by atoms with Crippen LogP contribution in [0.2, 0.25) is 0 Å². The minimum atomic E-state index is -1.12. The van der Waals surface area contributed by atoms with Crippen LogP contribution in [0.5, 0.6) is 0 Å². The molecule has 2 heterocycles. The largest absolute Gasteiger partial charge is 0.465 e. The summed E-state index contributed by atoms with van der Waals surface area (Å²) < 4.78 is 10.7. The van der Waals surface area contributed by atoms with Crippen LogP contribution in [0.1, 0.15) is 46.5 Å². The van der Waals surface area contributed by atoms with Crippen molar-refractivity contribution in [1.29, 1.82) is 0 Å². The van der Waals surface area contributed by atoms with E-state index in [-0.39, 0.29) is 45.7 Å². The highest BCUT2D eigenvalue weighted by Crippen LogP contribution is 2.12. The van der Waals surface area contributed by atoms with Gasteiger partial charge in [-0.25, -0.2) is 19.2 Å². The highest BCUT2D eigenvalue weighted by molar-refractivity contribution is 5.78. The fourth-order valence-corrected chi connectivity index (χ4v) is 5.69. The summed E-state index contributed by atoms with van der Waals surface area (Å²) in [5, 5.41) is 10.6. The standard InChI is InChI=1S/C34H44N6O8/c1-34(2,3)48-33(47)38(21-13-23-40-29(42)25-15-7-9-17-27(25)36(5)31(40)44)19-11-10-18-37(32(45)46)20-12-22-39-28(41)24-14-6-8-16-26(24)35(4)30(39)43/h6-9,14-17H,10-13,18-23H2,1-5H3,(H,45,46). The maximum Gasteiger partial charge on any atom is 0.410 e. The van der Waals surface area contributed by atoms with Gasteiger partial charge in [0, 0.05) is 53.4 Å². The minimum Gasteiger partial charge on any atom is -0.465 e. The van der Waals surface area contributed by atoms with Crippen LogP contribution in [-0.2, 0) is 31.9 Å². The quantitative estimate of drug-likeness (QED) is 0.214. The number of benzene rings is 2. The molecule has 0 aliphatic heterocycles. The first-order valence-corrected chi connectivity index (χ1v) is 16.0. The van der Waals surface area contributed by atoms with Gasteiger partial charge >= 0.3 is 23.6 Å². The molecule has 0 atom stereocenters. The number of aromatic nitrogens is 4. The van der Waals surface area contributed by atoms with E-state index in [1.807, 2.05) is 0 Å². The van der Waals surface area contributed by atoms with Crippen LogP contribution in [0.15, 0.2) is 67.7 Å². The van der Waals surface area contributed by atoms with Gasteiger partial charge in [0.1, 0.15) is 5.60 Å². The number of rotatable bonds is 13. The number of fused-ring (bicyclic) bond motifs is 2. The Balaban J connectivity index is 1.35. The topological polar surface area (TPSA) is 158 Å². The van der Waals surface area contributed by atoms with Crippen molar-refractivity contribution in [2.24, 2.45) is 14.1 Å². The molecule has 2 amide bonds. The molecule has 14 heteroatoms. The summed E-state index contributed by atoms with van der Waals surface area (Å²) >= 11 is 0. The molecule has 2 aromatic heterocycles. The molecular formula is C34H44N6O8. The number of hydrogen-bond donors (Lipinski definition) is 1. The zero-order valence-corrected chi connectivity index (χ0v) is 28.2. The van der Waals surface area contributed by atoms with Crippen molar-refractivity contribution in [2.45, 2.75) is 65.1 Å². The third-order valence-electron chi connectivity index (χ3n) is 8.17. The van der Waals surface area contributed by atoms with Crippen molar-refractivity contribution < 1.29 is 19.4 Å². The molecule has 4 aromatic rings. The number of carboxylic acid groups (broad SMARTS) is 1. The van der Waals surface area contributed by atoms with Gasteiger partial charge in [-0.2, -0.15) is 0 Å². The number of amides is 2. The first-order valence-electron chi connectivity index (χ1n) is 16.0. The van der Waals surface area contributed by atoms with Crippen molar-refractivity contribution in [3.05, 3.63) is 90.2 Å². The monoisotopic (exact) mass is 664 g/mol. The Hall–Kier alpha value is -5.14. The maximum atomic E-state index is 13.0. The number of para-hydroxylation sites is 2. The molecule has 4 rings (SSSR count). The van der Waals surface area contributed by atoms with Crippen LogP contribution < -0.4 is 22.5 Å². The van der Waals surface area contributed by atoms with E-state index >= 15 is 0 Å². The van der Waals surface area contributed by atoms with E-state index in [4.69, 9.17) is 4.74 Å². The molecule has 0 aliphatic rings. The minimum absolute atomic E-state index is 0.0654. The number of carbonyl (C=O) groups is 2. The lowest BCUT2D eigenvalue weighted by Crippen LogP contribution is -2.41. The highest BCUT2D eigenvalue weighted by atomic mass is 16.6. The van der Waals surface area contributed by atoms with Gasteiger partial charge in [-0.3, -0.25) is 27.9 Å². The summed E-state index contributed by atoms with van der Waals surface area (Å²) in [5.41, 5.74) is -1.38. The van der Waals surface area contributed by atoms with E-state index in [9.17, 15) is 33.9 Å². The van der Waals surface area contributed by atoms with Gasteiger partial charge in [0.05, 0.1) is 21.8 Å². The molecule has 0 radical (unpaired) electrons. The summed E-state index contributed by atoms with van der Waals surface area (Å²) in [7, 11) is 3.20. The second-order valence-corrected chi connectivity index (χ2v) is 12.8. The molecule has 0 unspecified atom stereocenters. The van der Waals surface area contributed by atoms with Gasteiger partial charge in [0.15, 0.2) is 0 Å². The van der Waals surface area contributed by atoms with Gasteiger partial charge in [-0.15, -0.1) is 0 Å². The molecule has 0 saturated carbocycles. The van der Waals surface area contributed by atoms with Gasteiger partial charge in [0.2, 0.25) is 0 Å². The Labute approximate surface area is 277 Å². The molecule has 0 aliphatic carbocycles. The molecule has 0 saturated heterocycles. The van der Waals surface area contributed by atoms with Crippen LogP contribution in [0.3, 0.4) is 0 Å². The predicted octanol–water partition coefficient (Wildman–Crippen LogP) is 3.19. The summed E-state index contributed by atoms with van der Waals surface area (Å²) in [6.07, 6.45) is -0.183. The summed E-state index contributed by atoms with van der Waals surface area (Å²) in [4.78, 5) is 79.5. The summed E-state index contributed by atoms with van der Waals surface area (Å²) in [6, 6.07) is 13.7. The van der Waals surface area contributed by atoms with Gasteiger partial charge in [-0.1, -0.05) is 24.3 Å². The number of unbranched alkanes of at least 4 members (excludes halogenated alkanes) is 1. The van der Waals surface area contributed by atoms with Crippen molar-refractivity contribution in [3.63, 3.8) is 0 Å². The summed E-state index contributed by atoms with van der Waals surface area (Å²) in [6.45, 7) is 6.23. The zero-order chi connectivity index (χ0) is 35.2. The predicted molar refractivity (Wildman–Crippen MR) is 183 cm³/mol. The highest BCUT2D eigenvalue weighted by Gasteiger charge is 2.22. The number of carbonyl (C=O) groups excluding carboxylic acids is 1. The molecule has 0 bridgehead atoms. The number of ether oxygens (including phenoxy) is 1. The third-order valence-corrected chi connectivity index (χ3v) is 8.17. The second kappa shape index (κ2) is 15.2. The Morgan fingerprint density at radius 2 is 1.06 bits per heavy atom. The van der Waals surface area contributed by atoms with E-state index in [1.165, 1.54) is 23.5 Å². The molecule has 0 fully saturated rings. The number of hydrogen-bond acceptors (Lipinski definition) is 7. The average molecular weight is 665 g/mol. The molecule has 2 aromatic carbocycles. The van der Waals surface area contributed by atoms with Crippen LogP contribution in [0.25, 0.3) is 21.8 Å². The van der Waals surface area contributed by atoms with Crippen LogP contribution in [0.4, 0.5) is 9.59 Å². The first kappa shape index (κ1) is 35.7.